The highest BCUT2D eigenvalue weighted by atomic mass is 16.3. The summed E-state index contributed by atoms with van der Waals surface area (Å²) < 4.78 is 0. The molecule has 0 saturated carbocycles. The van der Waals surface area contributed by atoms with E-state index in [0.717, 1.165) is 77.0 Å². The van der Waals surface area contributed by atoms with Crippen molar-refractivity contribution >= 4 is 5.91 Å². The molecule has 0 rings (SSSR count). The predicted octanol–water partition coefficient (Wildman–Crippen LogP) is 10.5. The van der Waals surface area contributed by atoms with Gasteiger partial charge in [0.1, 0.15) is 0 Å². The van der Waals surface area contributed by atoms with E-state index in [4.69, 9.17) is 0 Å². The molecule has 0 aromatic heterocycles. The molecule has 0 heterocycles. The number of carbonyl (C=O) groups excluding carboxylic acids is 1. The first-order valence-electron chi connectivity index (χ1n) is 17.6. The van der Waals surface area contributed by atoms with Gasteiger partial charge in [0, 0.05) is 6.42 Å². The lowest BCUT2D eigenvalue weighted by Crippen LogP contribution is -2.45. The van der Waals surface area contributed by atoms with Gasteiger partial charge >= 0.3 is 0 Å². The van der Waals surface area contributed by atoms with Crippen LogP contribution in [-0.2, 0) is 4.79 Å². The smallest absolute Gasteiger partial charge is 0.220 e. The van der Waals surface area contributed by atoms with Crippen LogP contribution in [0.3, 0.4) is 0 Å². The van der Waals surface area contributed by atoms with Crippen molar-refractivity contribution in [3.63, 3.8) is 0 Å². The van der Waals surface area contributed by atoms with Crippen LogP contribution < -0.4 is 5.32 Å². The van der Waals surface area contributed by atoms with Crippen molar-refractivity contribution in [1.29, 1.82) is 0 Å². The Balaban J connectivity index is 3.86. The van der Waals surface area contributed by atoms with Gasteiger partial charge in [-0.25, -0.2) is 0 Å². The number of unbranched alkanes of at least 4 members (excludes halogenated alkanes) is 6. The topological polar surface area (TPSA) is 69.6 Å². The van der Waals surface area contributed by atoms with E-state index in [2.05, 4.69) is 116 Å². The van der Waals surface area contributed by atoms with Crippen LogP contribution in [0.25, 0.3) is 0 Å². The molecule has 0 aliphatic heterocycles. The minimum atomic E-state index is -0.890. The van der Waals surface area contributed by atoms with E-state index < -0.39 is 12.1 Å². The molecular weight excluding hydrogens is 554 g/mol. The summed E-state index contributed by atoms with van der Waals surface area (Å²) in [4.78, 5) is 12.3. The van der Waals surface area contributed by atoms with Gasteiger partial charge < -0.3 is 15.5 Å². The molecule has 252 valence electrons. The number of allylic oxidation sites excluding steroid dienone is 17. The predicted molar refractivity (Wildman–Crippen MR) is 197 cm³/mol. The van der Waals surface area contributed by atoms with E-state index in [9.17, 15) is 15.0 Å². The molecule has 0 bridgehead atoms. The maximum absolute atomic E-state index is 12.3. The first-order valence-corrected chi connectivity index (χ1v) is 17.6. The maximum atomic E-state index is 12.3. The molecule has 3 N–H and O–H groups in total. The van der Waals surface area contributed by atoms with Gasteiger partial charge in [-0.2, -0.15) is 0 Å². The van der Waals surface area contributed by atoms with E-state index in [-0.39, 0.29) is 12.5 Å². The summed E-state index contributed by atoms with van der Waals surface area (Å²) in [5, 5.41) is 22.7. The molecule has 2 unspecified atom stereocenters. The Hall–Kier alpha value is -2.95. The number of aliphatic hydroxyl groups excluding tert-OH is 2. The first kappa shape index (κ1) is 42.0. The van der Waals surface area contributed by atoms with E-state index in [1.165, 1.54) is 25.7 Å². The fraction of sp³-hybridized carbons (Fsp3) is 0.537. The number of aliphatic hydroxyl groups is 2. The largest absolute Gasteiger partial charge is 0.394 e. The molecule has 4 heteroatoms. The molecule has 0 aliphatic carbocycles. The summed E-state index contributed by atoms with van der Waals surface area (Å²) in [6.07, 6.45) is 54.6. The van der Waals surface area contributed by atoms with Crippen molar-refractivity contribution in [3.8, 4) is 0 Å². The SMILES string of the molecule is CC/C=C\C/C=C\C/C=C\C/C=C\C/C=C\C/C=C\C/C=C\CCCC(=O)NC(CO)C(O)/C=C/CC/C=C/CCCCCC. The highest BCUT2D eigenvalue weighted by molar-refractivity contribution is 5.76. The van der Waals surface area contributed by atoms with Gasteiger partial charge in [-0.3, -0.25) is 4.79 Å². The van der Waals surface area contributed by atoms with Crippen LogP contribution in [0.15, 0.2) is 109 Å². The van der Waals surface area contributed by atoms with Gasteiger partial charge in [0.05, 0.1) is 18.8 Å². The van der Waals surface area contributed by atoms with Crippen LogP contribution in [0, 0.1) is 0 Å². The average Bonchev–Trinajstić information content (AvgIpc) is 3.04. The van der Waals surface area contributed by atoms with Crippen molar-refractivity contribution in [2.24, 2.45) is 0 Å². The number of hydrogen-bond acceptors (Lipinski definition) is 3. The molecule has 0 spiro atoms. The van der Waals surface area contributed by atoms with E-state index in [1.54, 1.807) is 6.08 Å². The molecule has 2 atom stereocenters. The average molecular weight is 620 g/mol. The summed E-state index contributed by atoms with van der Waals surface area (Å²) in [6, 6.07) is -0.675. The second-order valence-electron chi connectivity index (χ2n) is 11.2. The quantitative estimate of drug-likeness (QED) is 0.0576. The van der Waals surface area contributed by atoms with Crippen LogP contribution in [0.1, 0.15) is 123 Å². The zero-order valence-corrected chi connectivity index (χ0v) is 28.6. The Kier molecular flexibility index (Phi) is 33.2. The van der Waals surface area contributed by atoms with Crippen molar-refractivity contribution in [3.05, 3.63) is 109 Å². The number of nitrogens with one attached hydrogen (secondary N) is 1. The normalized spacial score (nSPS) is 14.5. The van der Waals surface area contributed by atoms with E-state index in [1.807, 2.05) is 6.08 Å². The van der Waals surface area contributed by atoms with Crippen molar-refractivity contribution in [2.75, 3.05) is 6.61 Å². The third kappa shape index (κ3) is 32.3. The van der Waals surface area contributed by atoms with Crippen LogP contribution in [0.5, 0.6) is 0 Å². The Labute approximate surface area is 276 Å². The van der Waals surface area contributed by atoms with Gasteiger partial charge in [-0.15, -0.1) is 0 Å². The molecule has 0 aromatic carbocycles. The second-order valence-corrected chi connectivity index (χ2v) is 11.2. The van der Waals surface area contributed by atoms with E-state index in [0.29, 0.717) is 6.42 Å². The van der Waals surface area contributed by atoms with Crippen LogP contribution >= 0.6 is 0 Å². The number of hydrogen-bond donors (Lipinski definition) is 3. The molecule has 45 heavy (non-hydrogen) atoms. The molecule has 1 amide bonds. The minimum Gasteiger partial charge on any atom is -0.394 e. The molecule has 0 aromatic rings. The fourth-order valence-electron chi connectivity index (χ4n) is 4.30. The van der Waals surface area contributed by atoms with Gasteiger partial charge in [0.15, 0.2) is 0 Å². The standard InChI is InChI=1S/C41H65NO3/c1-3-5-7-9-11-13-15-16-17-18-19-20-21-22-23-24-25-26-27-29-31-33-35-37-41(45)42-39(38-43)40(44)36-34-32-30-28-14-12-10-8-6-4-2/h5,7,11,13-14,16-17,19-20,22-23,25-26,28-29,31,34,36,39-40,43-44H,3-4,6,8-10,12,15,18,21,24,27,30,32-33,35,37-38H2,1-2H3,(H,42,45)/b7-5-,13-11-,17-16-,20-19-,23-22-,26-25-,28-14+,31-29-,36-34+. The Morgan fingerprint density at radius 2 is 1.00 bits per heavy atom. The Morgan fingerprint density at radius 3 is 1.51 bits per heavy atom. The van der Waals surface area contributed by atoms with Crippen molar-refractivity contribution in [1.82, 2.24) is 5.32 Å². The van der Waals surface area contributed by atoms with Crippen molar-refractivity contribution < 1.29 is 15.0 Å². The lowest BCUT2D eigenvalue weighted by molar-refractivity contribution is -0.122. The third-order valence-corrected chi connectivity index (χ3v) is 6.99. The highest BCUT2D eigenvalue weighted by Crippen LogP contribution is 2.06. The minimum absolute atomic E-state index is 0.141. The molecular formula is C41H65NO3. The summed E-state index contributed by atoms with van der Waals surface area (Å²) in [6.45, 7) is 4.08. The van der Waals surface area contributed by atoms with Gasteiger partial charge in [0.25, 0.3) is 0 Å². The number of amides is 1. The maximum Gasteiger partial charge on any atom is 0.220 e. The van der Waals surface area contributed by atoms with Gasteiger partial charge in [0.2, 0.25) is 5.91 Å². The van der Waals surface area contributed by atoms with E-state index >= 15 is 0 Å². The summed E-state index contributed by atoms with van der Waals surface area (Å²) >= 11 is 0. The van der Waals surface area contributed by atoms with Crippen LogP contribution in [-0.4, -0.2) is 34.9 Å². The fourth-order valence-corrected chi connectivity index (χ4v) is 4.30. The Morgan fingerprint density at radius 1 is 0.556 bits per heavy atom. The first-order chi connectivity index (χ1) is 22.2. The zero-order valence-electron chi connectivity index (χ0n) is 28.6. The molecule has 0 fully saturated rings. The molecule has 0 aliphatic rings. The van der Waals surface area contributed by atoms with Crippen molar-refractivity contribution in [2.45, 2.75) is 135 Å². The molecule has 0 radical (unpaired) electrons. The van der Waals surface area contributed by atoms with Gasteiger partial charge in [-0.05, 0) is 83.5 Å². The zero-order chi connectivity index (χ0) is 32.9. The Bertz CT molecular complexity index is 932. The molecule has 0 saturated heterocycles. The lowest BCUT2D eigenvalue weighted by atomic mass is 10.1. The summed E-state index contributed by atoms with van der Waals surface area (Å²) in [5.41, 5.74) is 0. The summed E-state index contributed by atoms with van der Waals surface area (Å²) in [7, 11) is 0. The lowest BCUT2D eigenvalue weighted by Gasteiger charge is -2.19. The third-order valence-electron chi connectivity index (χ3n) is 6.99. The highest BCUT2D eigenvalue weighted by Gasteiger charge is 2.17. The molecule has 4 nitrogen and oxygen atoms in total. The van der Waals surface area contributed by atoms with Crippen LogP contribution in [0.4, 0.5) is 0 Å². The van der Waals surface area contributed by atoms with Gasteiger partial charge in [-0.1, -0.05) is 142 Å². The number of rotatable bonds is 29. The number of carbonyl (C=O) groups is 1. The monoisotopic (exact) mass is 619 g/mol. The summed E-state index contributed by atoms with van der Waals surface area (Å²) in [5.74, 6) is -0.141. The van der Waals surface area contributed by atoms with Crippen LogP contribution in [0.2, 0.25) is 0 Å². The second kappa shape index (κ2) is 35.5.